The highest BCUT2D eigenvalue weighted by molar-refractivity contribution is 7.89. The minimum absolute atomic E-state index is 0.00753. The highest BCUT2D eigenvalue weighted by Crippen LogP contribution is 2.35. The predicted octanol–water partition coefficient (Wildman–Crippen LogP) is 2.94. The molecule has 0 atom stereocenters. The van der Waals surface area contributed by atoms with Crippen molar-refractivity contribution in [2.75, 3.05) is 43.0 Å². The van der Waals surface area contributed by atoms with Crippen molar-refractivity contribution in [3.63, 3.8) is 0 Å². The molecule has 1 aliphatic heterocycles. The average molecular weight is 507 g/mol. The van der Waals surface area contributed by atoms with Crippen LogP contribution in [0, 0.1) is 16.0 Å². The highest BCUT2D eigenvalue weighted by Gasteiger charge is 2.32. The fourth-order valence-corrected chi connectivity index (χ4v) is 5.47. The fourth-order valence-electron chi connectivity index (χ4n) is 4.01. The minimum Gasteiger partial charge on any atom is -0.466 e. The Kier molecular flexibility index (Phi) is 8.57. The molecule has 0 unspecified atom stereocenters. The van der Waals surface area contributed by atoms with Gasteiger partial charge >= 0.3 is 11.7 Å². The molecule has 2 heterocycles. The third-order valence-corrected chi connectivity index (χ3v) is 7.92. The number of anilines is 3. The number of nitrogens with one attached hydrogen (secondary N) is 1. The summed E-state index contributed by atoms with van der Waals surface area (Å²) < 4.78 is 31.8. The third-order valence-electron chi connectivity index (χ3n) is 5.86. The molecule has 1 N–H and O–H groups in total. The molecule has 0 amide bonds. The summed E-state index contributed by atoms with van der Waals surface area (Å²) in [7, 11) is -3.62. The van der Waals surface area contributed by atoms with Gasteiger partial charge in [-0.2, -0.15) is 4.31 Å². The number of esters is 1. The molecule has 0 radical (unpaired) electrons. The lowest BCUT2D eigenvalue weighted by Crippen LogP contribution is -2.37. The molecule has 35 heavy (non-hydrogen) atoms. The van der Waals surface area contributed by atoms with Crippen LogP contribution in [0.15, 0.2) is 35.5 Å². The van der Waals surface area contributed by atoms with E-state index in [2.05, 4.69) is 15.3 Å². The number of aromatic nitrogens is 2. The summed E-state index contributed by atoms with van der Waals surface area (Å²) in [6.07, 6.45) is 2.25. The molecule has 3 rings (SSSR count). The van der Waals surface area contributed by atoms with Crippen LogP contribution in [0.4, 0.5) is 23.0 Å². The molecule has 1 fully saturated rings. The van der Waals surface area contributed by atoms with Crippen LogP contribution in [-0.4, -0.2) is 66.4 Å². The van der Waals surface area contributed by atoms with Crippen LogP contribution in [0.5, 0.6) is 0 Å². The van der Waals surface area contributed by atoms with Crippen molar-refractivity contribution >= 4 is 39.0 Å². The van der Waals surface area contributed by atoms with Crippen LogP contribution < -0.4 is 10.2 Å². The molecule has 1 aromatic carbocycles. The maximum atomic E-state index is 12.7. The zero-order valence-corrected chi connectivity index (χ0v) is 20.8. The second-order valence-electron chi connectivity index (χ2n) is 7.90. The molecule has 13 heteroatoms. The number of hydrogen-bond acceptors (Lipinski definition) is 10. The Morgan fingerprint density at radius 3 is 2.34 bits per heavy atom. The Labute approximate surface area is 204 Å². The lowest BCUT2D eigenvalue weighted by molar-refractivity contribution is -0.383. The maximum absolute atomic E-state index is 12.7. The van der Waals surface area contributed by atoms with Crippen LogP contribution >= 0.6 is 0 Å². The number of carbonyl (C=O) groups is 1. The summed E-state index contributed by atoms with van der Waals surface area (Å²) in [5, 5.41) is 14.9. The summed E-state index contributed by atoms with van der Waals surface area (Å²) in [4.78, 5) is 33.5. The van der Waals surface area contributed by atoms with Crippen molar-refractivity contribution in [3.8, 4) is 0 Å². The Bertz CT molecular complexity index is 1150. The molecule has 1 aliphatic rings. The van der Waals surface area contributed by atoms with E-state index in [1.807, 2.05) is 0 Å². The van der Waals surface area contributed by atoms with Gasteiger partial charge in [0.25, 0.3) is 0 Å². The average Bonchev–Trinajstić information content (AvgIpc) is 2.85. The van der Waals surface area contributed by atoms with E-state index in [1.165, 1.54) is 34.9 Å². The molecule has 0 aliphatic carbocycles. The minimum atomic E-state index is -3.62. The van der Waals surface area contributed by atoms with E-state index >= 15 is 0 Å². The molecule has 0 spiro atoms. The van der Waals surface area contributed by atoms with E-state index in [4.69, 9.17) is 4.74 Å². The van der Waals surface area contributed by atoms with Gasteiger partial charge in [0.1, 0.15) is 6.33 Å². The van der Waals surface area contributed by atoms with Crippen LogP contribution in [0.1, 0.15) is 33.6 Å². The summed E-state index contributed by atoms with van der Waals surface area (Å²) >= 11 is 0. The van der Waals surface area contributed by atoms with E-state index in [1.54, 1.807) is 25.7 Å². The predicted molar refractivity (Wildman–Crippen MR) is 130 cm³/mol. The van der Waals surface area contributed by atoms with Crippen molar-refractivity contribution in [1.82, 2.24) is 14.3 Å². The number of ether oxygens (including phenoxy) is 1. The molecule has 1 saturated heterocycles. The van der Waals surface area contributed by atoms with E-state index in [0.29, 0.717) is 51.3 Å². The lowest BCUT2D eigenvalue weighted by atomic mass is 9.97. The SMILES string of the molecule is CCOC(=O)C1CCN(c2ncnc(Nc3ccc(S(=O)(=O)N(CC)CC)cc3)c2[N+](=O)[O-])CC1. The molecule has 190 valence electrons. The van der Waals surface area contributed by atoms with E-state index < -0.39 is 14.9 Å². The van der Waals surface area contributed by atoms with E-state index in [9.17, 15) is 23.3 Å². The first-order valence-electron chi connectivity index (χ1n) is 11.5. The number of piperidine rings is 1. The number of benzene rings is 1. The van der Waals surface area contributed by atoms with Crippen molar-refractivity contribution in [2.45, 2.75) is 38.5 Å². The molecular formula is C22H30N6O6S. The smallest absolute Gasteiger partial charge is 0.353 e. The first-order chi connectivity index (χ1) is 16.7. The molecule has 1 aromatic heterocycles. The Morgan fingerprint density at radius 2 is 1.80 bits per heavy atom. The van der Waals surface area contributed by atoms with Gasteiger partial charge in [0.05, 0.1) is 22.3 Å². The van der Waals surface area contributed by atoms with Gasteiger partial charge in [-0.25, -0.2) is 18.4 Å². The summed E-state index contributed by atoms with van der Waals surface area (Å²) in [6.45, 7) is 7.14. The molecule has 12 nitrogen and oxygen atoms in total. The van der Waals surface area contributed by atoms with Gasteiger partial charge in [0.2, 0.25) is 21.7 Å². The molecular weight excluding hydrogens is 476 g/mol. The standard InChI is InChI=1S/C22H30N6O6S/c1-4-27(5-2)35(32,33)18-9-7-17(8-10-18)25-20-19(28(30)31)21(24-15-23-20)26-13-11-16(12-14-26)22(29)34-6-3/h7-10,15-16H,4-6,11-14H2,1-3H3,(H,23,24,25). The van der Waals surface area contributed by atoms with E-state index in [0.717, 1.165) is 0 Å². The van der Waals surface area contributed by atoms with Gasteiger partial charge in [0, 0.05) is 31.9 Å². The van der Waals surface area contributed by atoms with Gasteiger partial charge in [-0.05, 0) is 44.0 Å². The quantitative estimate of drug-likeness (QED) is 0.290. The van der Waals surface area contributed by atoms with E-state index in [-0.39, 0.29) is 34.1 Å². The lowest BCUT2D eigenvalue weighted by Gasteiger charge is -2.31. The van der Waals surface area contributed by atoms with Crippen LogP contribution in [0.2, 0.25) is 0 Å². The van der Waals surface area contributed by atoms with Crippen LogP contribution in [-0.2, 0) is 19.6 Å². The Hall–Kier alpha value is -3.32. The number of hydrogen-bond donors (Lipinski definition) is 1. The molecule has 0 bridgehead atoms. The Morgan fingerprint density at radius 1 is 1.17 bits per heavy atom. The highest BCUT2D eigenvalue weighted by atomic mass is 32.2. The number of sulfonamides is 1. The summed E-state index contributed by atoms with van der Waals surface area (Å²) in [5.74, 6) is -0.337. The Balaban J connectivity index is 1.81. The number of nitro groups is 1. The van der Waals surface area contributed by atoms with Gasteiger partial charge in [-0.3, -0.25) is 14.9 Å². The first-order valence-corrected chi connectivity index (χ1v) is 12.9. The topological polar surface area (TPSA) is 148 Å². The normalized spacial score (nSPS) is 14.7. The zero-order valence-electron chi connectivity index (χ0n) is 20.0. The monoisotopic (exact) mass is 506 g/mol. The van der Waals surface area contributed by atoms with Crippen LogP contribution in [0.25, 0.3) is 0 Å². The second kappa shape index (κ2) is 11.4. The summed E-state index contributed by atoms with van der Waals surface area (Å²) in [6, 6.07) is 5.97. The van der Waals surface area contributed by atoms with Crippen molar-refractivity contribution in [1.29, 1.82) is 0 Å². The zero-order chi connectivity index (χ0) is 25.6. The van der Waals surface area contributed by atoms with Crippen molar-refractivity contribution in [2.24, 2.45) is 5.92 Å². The maximum Gasteiger partial charge on any atom is 0.353 e. The van der Waals surface area contributed by atoms with Gasteiger partial charge in [0.15, 0.2) is 0 Å². The largest absolute Gasteiger partial charge is 0.466 e. The molecule has 2 aromatic rings. The summed E-state index contributed by atoms with van der Waals surface area (Å²) in [5.41, 5.74) is 0.152. The van der Waals surface area contributed by atoms with Gasteiger partial charge < -0.3 is 15.0 Å². The van der Waals surface area contributed by atoms with Gasteiger partial charge in [-0.15, -0.1) is 0 Å². The van der Waals surface area contributed by atoms with Crippen LogP contribution in [0.3, 0.4) is 0 Å². The van der Waals surface area contributed by atoms with Crippen molar-refractivity contribution in [3.05, 3.63) is 40.7 Å². The second-order valence-corrected chi connectivity index (χ2v) is 9.84. The van der Waals surface area contributed by atoms with Crippen molar-refractivity contribution < 1.29 is 22.9 Å². The number of rotatable bonds is 10. The third kappa shape index (κ3) is 5.85. The van der Waals surface area contributed by atoms with Gasteiger partial charge in [-0.1, -0.05) is 13.8 Å². The first kappa shape index (κ1) is 26.3. The molecule has 0 saturated carbocycles. The fraction of sp³-hybridized carbons (Fsp3) is 0.500. The number of carbonyl (C=O) groups excluding carboxylic acids is 1. The number of nitrogens with zero attached hydrogens (tertiary/aromatic N) is 5.